The lowest BCUT2D eigenvalue weighted by Crippen LogP contribution is -2.33. The lowest BCUT2D eigenvalue weighted by Gasteiger charge is -2.20. The number of aromatic nitrogens is 2. The molecule has 0 radical (unpaired) electrons. The highest BCUT2D eigenvalue weighted by molar-refractivity contribution is 5.96. The van der Waals surface area contributed by atoms with Gasteiger partial charge in [-0.15, -0.1) is 0 Å². The Morgan fingerprint density at radius 3 is 2.78 bits per heavy atom. The van der Waals surface area contributed by atoms with Gasteiger partial charge < -0.3 is 10.2 Å². The Bertz CT molecular complexity index is 466. The smallest absolute Gasteiger partial charge is 0.230 e. The number of nitrogens with zero attached hydrogens (tertiary/aromatic N) is 3. The molecule has 0 saturated carbocycles. The van der Waals surface area contributed by atoms with Gasteiger partial charge in [0.1, 0.15) is 5.82 Å². The monoisotopic (exact) mass is 250 g/mol. The molecule has 1 aliphatic rings. The number of rotatable bonds is 3. The van der Waals surface area contributed by atoms with Crippen LogP contribution in [0, 0.1) is 5.92 Å². The van der Waals surface area contributed by atoms with Gasteiger partial charge in [0.05, 0.1) is 12.1 Å². The summed E-state index contributed by atoms with van der Waals surface area (Å²) in [4.78, 5) is 25.5. The minimum absolute atomic E-state index is 0.0511. The number of hydrogen-bond donors (Lipinski definition) is 1. The van der Waals surface area contributed by atoms with Crippen molar-refractivity contribution in [2.45, 2.75) is 26.3 Å². The average Bonchev–Trinajstić information content (AvgIpc) is 2.86. The Morgan fingerprint density at radius 2 is 2.28 bits per heavy atom. The number of nitrogens with one attached hydrogen (secondary N) is 1. The quantitative estimate of drug-likeness (QED) is 0.855. The van der Waals surface area contributed by atoms with Crippen molar-refractivity contribution in [3.63, 3.8) is 0 Å². The fraction of sp³-hybridized carbons (Fsp3) is 0.583. The first-order valence-corrected chi connectivity index (χ1v) is 6.07. The summed E-state index contributed by atoms with van der Waals surface area (Å²) in [6, 6.07) is 1.88. The van der Waals surface area contributed by atoms with Crippen LogP contribution >= 0.6 is 0 Å². The fourth-order valence-electron chi connectivity index (χ4n) is 2.13. The number of amides is 2. The molecule has 2 amide bonds. The fourth-order valence-corrected chi connectivity index (χ4v) is 2.13. The summed E-state index contributed by atoms with van der Waals surface area (Å²) in [5, 5.41) is 6.77. The Balaban J connectivity index is 1.99. The van der Waals surface area contributed by atoms with Crippen LogP contribution in [0.25, 0.3) is 0 Å². The number of carbonyl (C=O) groups is 2. The van der Waals surface area contributed by atoms with Crippen molar-refractivity contribution < 1.29 is 9.59 Å². The lowest BCUT2D eigenvalue weighted by molar-refractivity contribution is -0.129. The van der Waals surface area contributed by atoms with Gasteiger partial charge in [-0.25, -0.2) is 0 Å². The van der Waals surface area contributed by atoms with Gasteiger partial charge in [0.15, 0.2) is 0 Å². The predicted octanol–water partition coefficient (Wildman–Crippen LogP) is 0.615. The third-order valence-electron chi connectivity index (χ3n) is 3.22. The second-order valence-electron chi connectivity index (χ2n) is 4.87. The molecule has 0 aromatic carbocycles. The zero-order valence-corrected chi connectivity index (χ0v) is 10.9. The van der Waals surface area contributed by atoms with E-state index in [0.717, 1.165) is 0 Å². The maximum atomic E-state index is 12.0. The summed E-state index contributed by atoms with van der Waals surface area (Å²) in [6.45, 7) is 4.42. The highest BCUT2D eigenvalue weighted by atomic mass is 16.2. The van der Waals surface area contributed by atoms with Crippen molar-refractivity contribution in [2.24, 2.45) is 13.0 Å². The summed E-state index contributed by atoms with van der Waals surface area (Å²) in [6.07, 6.45) is 1.91. The molecule has 2 rings (SSSR count). The molecule has 18 heavy (non-hydrogen) atoms. The first kappa shape index (κ1) is 12.6. The average molecular weight is 250 g/mol. The van der Waals surface area contributed by atoms with E-state index in [9.17, 15) is 9.59 Å². The second kappa shape index (κ2) is 4.80. The Morgan fingerprint density at radius 1 is 1.56 bits per heavy atom. The van der Waals surface area contributed by atoms with Gasteiger partial charge in [-0.2, -0.15) is 5.10 Å². The van der Waals surface area contributed by atoms with Crippen molar-refractivity contribution in [3.8, 4) is 0 Å². The van der Waals surface area contributed by atoms with Crippen LogP contribution in [0.4, 0.5) is 5.82 Å². The van der Waals surface area contributed by atoms with Crippen molar-refractivity contribution in [1.29, 1.82) is 0 Å². The first-order valence-electron chi connectivity index (χ1n) is 6.07. The molecule has 6 heteroatoms. The maximum absolute atomic E-state index is 12.0. The normalized spacial score (nSPS) is 19.7. The van der Waals surface area contributed by atoms with E-state index in [1.807, 2.05) is 13.8 Å². The van der Waals surface area contributed by atoms with Gasteiger partial charge in [0.2, 0.25) is 11.8 Å². The van der Waals surface area contributed by atoms with E-state index in [1.54, 1.807) is 28.9 Å². The number of carbonyl (C=O) groups excluding carboxylic acids is 2. The third-order valence-corrected chi connectivity index (χ3v) is 3.22. The van der Waals surface area contributed by atoms with Gasteiger partial charge in [-0.3, -0.25) is 14.3 Å². The van der Waals surface area contributed by atoms with Crippen molar-refractivity contribution in [3.05, 3.63) is 12.3 Å². The number of anilines is 1. The number of hydrogen-bond acceptors (Lipinski definition) is 3. The second-order valence-corrected chi connectivity index (χ2v) is 4.87. The van der Waals surface area contributed by atoms with E-state index >= 15 is 0 Å². The molecule has 0 spiro atoms. The molecule has 1 atom stereocenters. The van der Waals surface area contributed by atoms with Crippen molar-refractivity contribution >= 4 is 17.6 Å². The molecule has 1 N–H and O–H groups in total. The zero-order valence-electron chi connectivity index (χ0n) is 10.9. The molecule has 2 heterocycles. The summed E-state index contributed by atoms with van der Waals surface area (Å²) in [5.74, 6) is 0.315. The summed E-state index contributed by atoms with van der Waals surface area (Å²) < 4.78 is 1.59. The lowest BCUT2D eigenvalue weighted by atomic mass is 10.1. The van der Waals surface area contributed by atoms with Gasteiger partial charge >= 0.3 is 0 Å². The molecule has 6 nitrogen and oxygen atoms in total. The standard InChI is InChI=1S/C12H18N4O2/c1-8(2)16-7-9(6-11(16)17)12(18)14-10-4-5-13-15(10)3/h4-5,8-9H,6-7H2,1-3H3,(H,14,18). The van der Waals surface area contributed by atoms with Crippen molar-refractivity contribution in [2.75, 3.05) is 11.9 Å². The summed E-state index contributed by atoms with van der Waals surface area (Å²) in [7, 11) is 1.76. The molecule has 1 aromatic heterocycles. The summed E-state index contributed by atoms with van der Waals surface area (Å²) in [5.41, 5.74) is 0. The molecule has 1 aliphatic heterocycles. The third kappa shape index (κ3) is 2.37. The van der Waals surface area contributed by atoms with Crippen LogP contribution < -0.4 is 5.32 Å². The Hall–Kier alpha value is -1.85. The van der Waals surface area contributed by atoms with Crippen LogP contribution in [-0.4, -0.2) is 39.1 Å². The number of aryl methyl sites for hydroxylation is 1. The van der Waals surface area contributed by atoms with E-state index < -0.39 is 0 Å². The van der Waals surface area contributed by atoms with Gasteiger partial charge in [-0.1, -0.05) is 0 Å². The van der Waals surface area contributed by atoms with Crippen LogP contribution in [0.5, 0.6) is 0 Å². The maximum Gasteiger partial charge on any atom is 0.230 e. The van der Waals surface area contributed by atoms with E-state index in [0.29, 0.717) is 18.8 Å². The Kier molecular flexibility index (Phi) is 3.36. The highest BCUT2D eigenvalue weighted by Crippen LogP contribution is 2.21. The van der Waals surface area contributed by atoms with E-state index in [4.69, 9.17) is 0 Å². The molecule has 1 saturated heterocycles. The molecule has 1 fully saturated rings. The molecule has 0 aliphatic carbocycles. The number of likely N-dealkylation sites (tertiary alicyclic amines) is 1. The van der Waals surface area contributed by atoms with Gasteiger partial charge in [0.25, 0.3) is 0 Å². The highest BCUT2D eigenvalue weighted by Gasteiger charge is 2.35. The Labute approximate surface area is 106 Å². The van der Waals surface area contributed by atoms with E-state index in [2.05, 4.69) is 10.4 Å². The minimum Gasteiger partial charge on any atom is -0.339 e. The molecule has 98 valence electrons. The van der Waals surface area contributed by atoms with Crippen LogP contribution in [0.15, 0.2) is 12.3 Å². The minimum atomic E-state index is -0.269. The largest absolute Gasteiger partial charge is 0.339 e. The molecular formula is C12H18N4O2. The first-order chi connectivity index (χ1) is 8.49. The molecule has 1 aromatic rings. The van der Waals surface area contributed by atoms with E-state index in [1.165, 1.54) is 0 Å². The summed E-state index contributed by atoms with van der Waals surface area (Å²) >= 11 is 0. The van der Waals surface area contributed by atoms with Crippen LogP contribution in [-0.2, 0) is 16.6 Å². The molecule has 1 unspecified atom stereocenters. The predicted molar refractivity (Wildman–Crippen MR) is 66.8 cm³/mol. The zero-order chi connectivity index (χ0) is 13.3. The topological polar surface area (TPSA) is 67.2 Å². The van der Waals surface area contributed by atoms with Crippen LogP contribution in [0.2, 0.25) is 0 Å². The van der Waals surface area contributed by atoms with Gasteiger partial charge in [0, 0.05) is 32.1 Å². The van der Waals surface area contributed by atoms with Crippen LogP contribution in [0.3, 0.4) is 0 Å². The molecular weight excluding hydrogens is 232 g/mol. The van der Waals surface area contributed by atoms with Crippen molar-refractivity contribution in [1.82, 2.24) is 14.7 Å². The molecule has 0 bridgehead atoms. The van der Waals surface area contributed by atoms with E-state index in [-0.39, 0.29) is 23.8 Å². The SMILES string of the molecule is CC(C)N1CC(C(=O)Nc2ccnn2C)CC1=O. The van der Waals surface area contributed by atoms with Gasteiger partial charge in [-0.05, 0) is 13.8 Å². The van der Waals surface area contributed by atoms with Crippen LogP contribution in [0.1, 0.15) is 20.3 Å².